The van der Waals surface area contributed by atoms with Gasteiger partial charge in [-0.2, -0.15) is 0 Å². The molecule has 1 unspecified atom stereocenters. The maximum Gasteiger partial charge on any atom is 0.409 e. The minimum absolute atomic E-state index is 0.0797. The fraction of sp³-hybridized carbons (Fsp3) is 0.762. The lowest BCUT2D eigenvalue weighted by Gasteiger charge is -2.35. The maximum atomic E-state index is 12.1. The Bertz CT molecular complexity index is 750. The second-order valence-corrected chi connectivity index (χ2v) is 8.03. The van der Waals surface area contributed by atoms with Crippen LogP contribution < -0.4 is 21.5 Å². The first-order chi connectivity index (χ1) is 14.0. The Labute approximate surface area is 172 Å². The van der Waals surface area contributed by atoms with Gasteiger partial charge in [0.05, 0.1) is 6.61 Å². The summed E-state index contributed by atoms with van der Waals surface area (Å²) < 4.78 is 5.03. The monoisotopic (exact) mass is 406 g/mol. The molecule has 3 rings (SSSR count). The smallest absolute Gasteiger partial charge is 0.409 e. The molecule has 1 aromatic carbocycles. The van der Waals surface area contributed by atoms with Crippen molar-refractivity contribution in [3.05, 3.63) is 20.4 Å². The fourth-order valence-electron chi connectivity index (χ4n) is 4.46. The van der Waals surface area contributed by atoms with Crippen molar-refractivity contribution in [1.29, 1.82) is 0 Å². The molecule has 0 aromatic heterocycles. The molecule has 0 bridgehead atoms. The van der Waals surface area contributed by atoms with Crippen LogP contribution in [0.15, 0.2) is 9.59 Å². The summed E-state index contributed by atoms with van der Waals surface area (Å²) in [5.74, 6) is 0. The van der Waals surface area contributed by atoms with Crippen LogP contribution in [-0.4, -0.2) is 67.3 Å². The summed E-state index contributed by atoms with van der Waals surface area (Å²) in [6, 6.07) is 0.705. The Kier molecular flexibility index (Phi) is 7.52. The molecule has 2 saturated heterocycles. The number of carbonyl (C=O) groups is 1. The van der Waals surface area contributed by atoms with Gasteiger partial charge in [-0.1, -0.05) is 13.3 Å². The predicted molar refractivity (Wildman–Crippen MR) is 115 cm³/mol. The number of likely N-dealkylation sites (tertiary alicyclic amines) is 2. The molecule has 1 atom stereocenters. The van der Waals surface area contributed by atoms with Crippen molar-refractivity contribution < 1.29 is 9.53 Å². The molecule has 0 spiro atoms. The van der Waals surface area contributed by atoms with Crippen LogP contribution in [0.3, 0.4) is 0 Å². The van der Waals surface area contributed by atoms with Crippen molar-refractivity contribution in [3.63, 3.8) is 0 Å². The van der Waals surface area contributed by atoms with Crippen molar-refractivity contribution in [2.24, 2.45) is 0 Å². The van der Waals surface area contributed by atoms with Gasteiger partial charge in [0.25, 0.3) is 10.9 Å². The summed E-state index contributed by atoms with van der Waals surface area (Å²) >= 11 is 0. The third kappa shape index (κ3) is 5.10. The summed E-state index contributed by atoms with van der Waals surface area (Å²) in [7, 11) is 0. The van der Waals surface area contributed by atoms with Crippen molar-refractivity contribution in [1.82, 2.24) is 9.80 Å². The zero-order valence-corrected chi connectivity index (χ0v) is 17.7. The number of rotatable bonds is 8. The molecule has 2 aliphatic heterocycles. The number of carbonyl (C=O) groups excluding carboxylic acids is 1. The number of piperidine rings is 2. The fourth-order valence-corrected chi connectivity index (χ4v) is 4.46. The molecule has 1 aromatic rings. The summed E-state index contributed by atoms with van der Waals surface area (Å²) in [6.07, 6.45) is 6.08. The molecule has 2 fully saturated rings. The zero-order valence-electron chi connectivity index (χ0n) is 17.7. The standard InChI is InChI=1S/C21H34N4O4/c1-3-16-7-5-6-11-24(16)14-10-22-17-18(20(27)19(17)26)23-15-8-12-25(13-9-15)21(28)29-4-2/h15-16,22-23H,3-14H2,1-2H3. The van der Waals surface area contributed by atoms with Gasteiger partial charge in [-0.15, -0.1) is 0 Å². The highest BCUT2D eigenvalue weighted by molar-refractivity contribution is 5.74. The van der Waals surface area contributed by atoms with Gasteiger partial charge in [0, 0.05) is 38.3 Å². The molecule has 2 N–H and O–H groups in total. The lowest BCUT2D eigenvalue weighted by Crippen LogP contribution is -2.46. The maximum absolute atomic E-state index is 12.1. The van der Waals surface area contributed by atoms with E-state index in [2.05, 4.69) is 22.5 Å². The van der Waals surface area contributed by atoms with E-state index in [1.165, 1.54) is 19.3 Å². The van der Waals surface area contributed by atoms with Crippen LogP contribution >= 0.6 is 0 Å². The van der Waals surface area contributed by atoms with Gasteiger partial charge in [-0.25, -0.2) is 4.79 Å². The summed E-state index contributed by atoms with van der Waals surface area (Å²) in [4.78, 5) is 40.1. The topological polar surface area (TPSA) is 91.0 Å². The first-order valence-corrected chi connectivity index (χ1v) is 11.0. The lowest BCUT2D eigenvalue weighted by atomic mass is 10.0. The van der Waals surface area contributed by atoms with Crippen LogP contribution in [0.4, 0.5) is 16.2 Å². The van der Waals surface area contributed by atoms with Gasteiger partial charge in [0.1, 0.15) is 11.4 Å². The van der Waals surface area contributed by atoms with E-state index in [1.807, 2.05) is 0 Å². The Morgan fingerprint density at radius 3 is 2.45 bits per heavy atom. The average Bonchev–Trinajstić information content (AvgIpc) is 2.76. The number of anilines is 2. The molecule has 0 aliphatic carbocycles. The SMILES string of the molecule is CCOC(=O)N1CCC(Nc2c(NCCN3CCCCC3CC)c(=O)c2=O)CC1. The summed E-state index contributed by atoms with van der Waals surface area (Å²) in [6.45, 7) is 8.21. The van der Waals surface area contributed by atoms with Crippen LogP contribution in [0.2, 0.25) is 0 Å². The van der Waals surface area contributed by atoms with Gasteiger partial charge < -0.3 is 20.3 Å². The van der Waals surface area contributed by atoms with Crippen molar-refractivity contribution >= 4 is 17.5 Å². The Hall–Kier alpha value is -2.09. The van der Waals surface area contributed by atoms with Crippen molar-refractivity contribution in [3.8, 4) is 0 Å². The van der Waals surface area contributed by atoms with Crippen molar-refractivity contribution in [2.75, 3.05) is 50.0 Å². The highest BCUT2D eigenvalue weighted by Crippen LogP contribution is 2.22. The number of amides is 1. The molecule has 2 heterocycles. The van der Waals surface area contributed by atoms with E-state index in [1.54, 1.807) is 11.8 Å². The molecule has 8 nitrogen and oxygen atoms in total. The third-order valence-electron chi connectivity index (χ3n) is 6.20. The van der Waals surface area contributed by atoms with Crippen LogP contribution in [0, 0.1) is 0 Å². The first kappa shape index (κ1) is 21.6. The van der Waals surface area contributed by atoms with Crippen LogP contribution in [0.25, 0.3) is 0 Å². The highest BCUT2D eigenvalue weighted by Gasteiger charge is 2.28. The molecule has 8 heteroatoms. The van der Waals surface area contributed by atoms with E-state index >= 15 is 0 Å². The first-order valence-electron chi connectivity index (χ1n) is 11.0. The van der Waals surface area contributed by atoms with E-state index in [0.29, 0.717) is 43.7 Å². The Morgan fingerprint density at radius 1 is 1.03 bits per heavy atom. The highest BCUT2D eigenvalue weighted by atomic mass is 16.6. The van der Waals surface area contributed by atoms with E-state index < -0.39 is 10.9 Å². The zero-order chi connectivity index (χ0) is 20.8. The minimum Gasteiger partial charge on any atom is -0.450 e. The molecular weight excluding hydrogens is 372 g/mol. The Balaban J connectivity index is 1.48. The summed E-state index contributed by atoms with van der Waals surface area (Å²) in [5.41, 5.74) is -0.0324. The van der Waals surface area contributed by atoms with Crippen LogP contribution in [-0.2, 0) is 4.74 Å². The van der Waals surface area contributed by atoms with E-state index in [4.69, 9.17) is 4.74 Å². The average molecular weight is 407 g/mol. The van der Waals surface area contributed by atoms with Gasteiger partial charge in [0.15, 0.2) is 0 Å². The number of nitrogens with zero attached hydrogens (tertiary/aromatic N) is 2. The predicted octanol–water partition coefficient (Wildman–Crippen LogP) is 1.99. The van der Waals surface area contributed by atoms with E-state index in [-0.39, 0.29) is 12.1 Å². The summed E-state index contributed by atoms with van der Waals surface area (Å²) in [5, 5.41) is 6.44. The third-order valence-corrected chi connectivity index (χ3v) is 6.20. The van der Waals surface area contributed by atoms with Gasteiger partial charge >= 0.3 is 6.09 Å². The van der Waals surface area contributed by atoms with Crippen LogP contribution in [0.5, 0.6) is 0 Å². The molecule has 29 heavy (non-hydrogen) atoms. The quantitative estimate of drug-likeness (QED) is 0.638. The van der Waals surface area contributed by atoms with Gasteiger partial charge in [-0.05, 0) is 45.6 Å². The molecule has 0 radical (unpaired) electrons. The molecule has 0 saturated carbocycles. The largest absolute Gasteiger partial charge is 0.450 e. The second kappa shape index (κ2) is 10.1. The van der Waals surface area contributed by atoms with Crippen LogP contribution in [0.1, 0.15) is 52.4 Å². The lowest BCUT2D eigenvalue weighted by molar-refractivity contribution is 0.0983. The molecular formula is C21H34N4O4. The minimum atomic E-state index is -0.440. The molecule has 2 aliphatic rings. The second-order valence-electron chi connectivity index (χ2n) is 8.03. The van der Waals surface area contributed by atoms with Gasteiger partial charge in [0.2, 0.25) is 0 Å². The number of ether oxygens (including phenoxy) is 1. The normalized spacial score (nSPS) is 21.3. The van der Waals surface area contributed by atoms with Gasteiger partial charge in [-0.3, -0.25) is 14.5 Å². The number of hydrogen-bond acceptors (Lipinski definition) is 7. The number of hydrogen-bond donors (Lipinski definition) is 2. The number of nitrogens with one attached hydrogen (secondary N) is 2. The van der Waals surface area contributed by atoms with E-state index in [9.17, 15) is 14.4 Å². The molecule has 162 valence electrons. The van der Waals surface area contributed by atoms with Crippen molar-refractivity contribution in [2.45, 2.75) is 64.5 Å². The Morgan fingerprint density at radius 2 is 1.76 bits per heavy atom. The van der Waals surface area contributed by atoms with E-state index in [0.717, 1.165) is 32.4 Å². The molecule has 1 amide bonds.